The fraction of sp³-hybridized carbons (Fsp3) is 0.714. The Bertz CT molecular complexity index is 599. The zero-order valence-corrected chi connectivity index (χ0v) is 14.7. The van der Waals surface area contributed by atoms with Gasteiger partial charge in [0.25, 0.3) is 0 Å². The molecule has 1 aliphatic rings. The van der Waals surface area contributed by atoms with Crippen molar-refractivity contribution >= 4 is 22.4 Å². The van der Waals surface area contributed by atoms with Crippen LogP contribution in [0.5, 0.6) is 0 Å². The summed E-state index contributed by atoms with van der Waals surface area (Å²) in [6.07, 6.45) is -3.94. The smallest absolute Gasteiger partial charge is 0.390 e. The van der Waals surface area contributed by atoms with E-state index in [1.165, 1.54) is 13.3 Å². The number of hydrogen-bond acceptors (Lipinski definition) is 7. The minimum Gasteiger partial charge on any atom is -0.465 e. The van der Waals surface area contributed by atoms with Gasteiger partial charge in [0.05, 0.1) is 32.4 Å². The second kappa shape index (κ2) is 8.91. The van der Waals surface area contributed by atoms with Gasteiger partial charge in [0, 0.05) is 26.2 Å². The number of halogens is 5. The number of nitrogens with zero attached hydrogens (tertiary/aromatic N) is 3. The Morgan fingerprint density at radius 3 is 2.77 bits per heavy atom. The topological polar surface area (TPSA) is 54.9 Å². The van der Waals surface area contributed by atoms with Gasteiger partial charge in [-0.05, 0) is 0 Å². The normalized spacial score (nSPS) is 19.2. The van der Waals surface area contributed by atoms with Crippen LogP contribution < -0.4 is 4.90 Å². The van der Waals surface area contributed by atoms with Crippen molar-refractivity contribution in [1.29, 1.82) is 0 Å². The molecule has 1 aromatic rings. The highest BCUT2D eigenvalue weighted by molar-refractivity contribution is 7.17. The fourth-order valence-electron chi connectivity index (χ4n) is 2.58. The molecule has 0 spiro atoms. The van der Waals surface area contributed by atoms with Gasteiger partial charge in [-0.25, -0.2) is 9.78 Å². The molecule has 0 radical (unpaired) electrons. The highest BCUT2D eigenvalue weighted by Gasteiger charge is 2.33. The van der Waals surface area contributed by atoms with Crippen molar-refractivity contribution in [2.75, 3.05) is 44.8 Å². The molecule has 0 aliphatic carbocycles. The Kier molecular flexibility index (Phi) is 7.12. The monoisotopic (exact) mass is 403 g/mol. The largest absolute Gasteiger partial charge is 0.465 e. The fourth-order valence-corrected chi connectivity index (χ4v) is 3.51. The van der Waals surface area contributed by atoms with E-state index in [-0.39, 0.29) is 31.1 Å². The number of ether oxygens (including phenoxy) is 2. The van der Waals surface area contributed by atoms with Crippen molar-refractivity contribution in [2.45, 2.75) is 25.3 Å². The predicted octanol–water partition coefficient (Wildman–Crippen LogP) is 2.61. The van der Waals surface area contributed by atoms with Gasteiger partial charge < -0.3 is 14.4 Å². The average Bonchev–Trinajstić information content (AvgIpc) is 3.06. The van der Waals surface area contributed by atoms with E-state index in [1.807, 2.05) is 0 Å². The van der Waals surface area contributed by atoms with Crippen LogP contribution in [-0.4, -0.2) is 74.6 Å². The SMILES string of the molecule is COC(=O)c1cnc(N2CCN(CCC(F)(F)F)CC2COC(F)F)s1. The van der Waals surface area contributed by atoms with Crippen LogP contribution in [-0.2, 0) is 9.47 Å². The van der Waals surface area contributed by atoms with Crippen LogP contribution in [0, 0.1) is 0 Å². The maximum absolute atomic E-state index is 12.4. The number of piperazine rings is 1. The molecule has 0 bridgehead atoms. The van der Waals surface area contributed by atoms with Gasteiger partial charge in [0.15, 0.2) is 5.13 Å². The van der Waals surface area contributed by atoms with Crippen LogP contribution in [0.2, 0.25) is 0 Å². The third-order valence-electron chi connectivity index (χ3n) is 3.82. The molecule has 0 saturated carbocycles. The number of esters is 1. The average molecular weight is 403 g/mol. The number of carbonyl (C=O) groups excluding carboxylic acids is 1. The zero-order valence-electron chi connectivity index (χ0n) is 13.8. The maximum atomic E-state index is 12.4. The van der Waals surface area contributed by atoms with Gasteiger partial charge in [0.2, 0.25) is 0 Å². The van der Waals surface area contributed by atoms with Gasteiger partial charge in [-0.3, -0.25) is 4.90 Å². The lowest BCUT2D eigenvalue weighted by Crippen LogP contribution is -2.55. The number of anilines is 1. The van der Waals surface area contributed by atoms with Crippen LogP contribution in [0.15, 0.2) is 6.20 Å². The summed E-state index contributed by atoms with van der Waals surface area (Å²) >= 11 is 1.03. The highest BCUT2D eigenvalue weighted by Crippen LogP contribution is 2.28. The van der Waals surface area contributed by atoms with E-state index in [9.17, 15) is 26.7 Å². The molecule has 26 heavy (non-hydrogen) atoms. The number of aromatic nitrogens is 1. The zero-order chi connectivity index (χ0) is 19.3. The summed E-state index contributed by atoms with van der Waals surface area (Å²) in [5.41, 5.74) is 0. The Morgan fingerprint density at radius 2 is 2.15 bits per heavy atom. The lowest BCUT2D eigenvalue weighted by atomic mass is 10.2. The molecule has 2 rings (SSSR count). The number of hydrogen-bond donors (Lipinski definition) is 0. The summed E-state index contributed by atoms with van der Waals surface area (Å²) in [5, 5.41) is 0.406. The lowest BCUT2D eigenvalue weighted by Gasteiger charge is -2.41. The van der Waals surface area contributed by atoms with Crippen LogP contribution in [0.25, 0.3) is 0 Å². The third kappa shape index (κ3) is 6.02. The van der Waals surface area contributed by atoms with Crippen molar-refractivity contribution in [3.63, 3.8) is 0 Å². The number of rotatable bonds is 7. The van der Waals surface area contributed by atoms with E-state index in [1.54, 1.807) is 9.80 Å². The molecule has 12 heteroatoms. The molecule has 6 nitrogen and oxygen atoms in total. The van der Waals surface area contributed by atoms with E-state index in [0.717, 1.165) is 11.3 Å². The quantitative estimate of drug-likeness (QED) is 0.515. The summed E-state index contributed by atoms with van der Waals surface area (Å²) < 4.78 is 71.0. The number of thiazole rings is 1. The highest BCUT2D eigenvalue weighted by atomic mass is 32.1. The Hall–Kier alpha value is -1.53. The number of carbonyl (C=O) groups is 1. The Balaban J connectivity index is 2.06. The Morgan fingerprint density at radius 1 is 1.42 bits per heavy atom. The van der Waals surface area contributed by atoms with Gasteiger partial charge in [-0.15, -0.1) is 0 Å². The summed E-state index contributed by atoms with van der Waals surface area (Å²) in [7, 11) is 1.22. The molecule has 1 unspecified atom stereocenters. The van der Waals surface area contributed by atoms with Gasteiger partial charge >= 0.3 is 18.8 Å². The molecule has 0 amide bonds. The van der Waals surface area contributed by atoms with E-state index in [2.05, 4.69) is 14.5 Å². The summed E-state index contributed by atoms with van der Waals surface area (Å²) in [4.78, 5) is 19.1. The van der Waals surface area contributed by atoms with Crippen LogP contribution in [0.3, 0.4) is 0 Å². The van der Waals surface area contributed by atoms with Crippen molar-refractivity contribution in [3.05, 3.63) is 11.1 Å². The molecule has 1 saturated heterocycles. The molecule has 1 atom stereocenters. The summed E-state index contributed by atoms with van der Waals surface area (Å²) in [5.74, 6) is -0.571. The molecule has 0 aromatic carbocycles. The Labute approximate surface area is 150 Å². The second-order valence-electron chi connectivity index (χ2n) is 5.61. The molecular formula is C14H18F5N3O3S. The summed E-state index contributed by atoms with van der Waals surface area (Å²) in [6, 6.07) is -0.609. The second-order valence-corrected chi connectivity index (χ2v) is 6.61. The standard InChI is InChI=1S/C14H18F5N3O3S/c1-24-11(23)10-6-20-13(26-10)22-5-4-21(3-2-14(17,18)19)7-9(22)8-25-12(15)16/h6,9,12H,2-5,7-8H2,1H3. The van der Waals surface area contributed by atoms with Gasteiger partial charge in [0.1, 0.15) is 4.88 Å². The molecule has 0 N–H and O–H groups in total. The lowest BCUT2D eigenvalue weighted by molar-refractivity contribution is -0.141. The van der Waals surface area contributed by atoms with Gasteiger partial charge in [-0.1, -0.05) is 11.3 Å². The first-order chi connectivity index (χ1) is 12.2. The summed E-state index contributed by atoms with van der Waals surface area (Å²) in [6.45, 7) is -2.85. The maximum Gasteiger partial charge on any atom is 0.390 e. The first kappa shape index (κ1) is 20.8. The van der Waals surface area contributed by atoms with Crippen molar-refractivity contribution in [2.24, 2.45) is 0 Å². The van der Waals surface area contributed by atoms with Crippen molar-refractivity contribution < 1.29 is 36.2 Å². The third-order valence-corrected chi connectivity index (χ3v) is 4.83. The molecule has 1 aliphatic heterocycles. The first-order valence-corrected chi connectivity index (χ1v) is 8.51. The van der Waals surface area contributed by atoms with E-state index in [0.29, 0.717) is 11.7 Å². The van der Waals surface area contributed by atoms with Crippen LogP contribution in [0.1, 0.15) is 16.1 Å². The van der Waals surface area contributed by atoms with E-state index >= 15 is 0 Å². The number of methoxy groups -OCH3 is 1. The molecule has 1 fully saturated rings. The molecule has 2 heterocycles. The number of alkyl halides is 5. The van der Waals surface area contributed by atoms with Crippen molar-refractivity contribution in [1.82, 2.24) is 9.88 Å². The van der Waals surface area contributed by atoms with Crippen molar-refractivity contribution in [3.8, 4) is 0 Å². The minimum absolute atomic E-state index is 0.121. The predicted molar refractivity (Wildman–Crippen MR) is 83.7 cm³/mol. The van der Waals surface area contributed by atoms with Gasteiger partial charge in [-0.2, -0.15) is 22.0 Å². The van der Waals surface area contributed by atoms with E-state index in [4.69, 9.17) is 0 Å². The molecule has 148 valence electrons. The first-order valence-electron chi connectivity index (χ1n) is 7.69. The van der Waals surface area contributed by atoms with E-state index < -0.39 is 31.2 Å². The molecular weight excluding hydrogens is 385 g/mol. The van der Waals surface area contributed by atoms with Crippen LogP contribution >= 0.6 is 11.3 Å². The minimum atomic E-state index is -4.28. The van der Waals surface area contributed by atoms with Crippen LogP contribution in [0.4, 0.5) is 27.1 Å². The molecule has 1 aromatic heterocycles.